The lowest BCUT2D eigenvalue weighted by molar-refractivity contribution is 0.0606. The number of halogens is 1. The summed E-state index contributed by atoms with van der Waals surface area (Å²) in [6, 6.07) is 5.26. The summed E-state index contributed by atoms with van der Waals surface area (Å²) in [5.41, 5.74) is 1.71. The van der Waals surface area contributed by atoms with Crippen LogP contribution in [0.4, 0.5) is 0 Å². The van der Waals surface area contributed by atoms with Gasteiger partial charge in [-0.05, 0) is 30.2 Å². The summed E-state index contributed by atoms with van der Waals surface area (Å²) in [6.07, 6.45) is 1.26. The number of ketones is 1. The zero-order valence-corrected chi connectivity index (χ0v) is 12.6. The van der Waals surface area contributed by atoms with Crippen LogP contribution in [0.15, 0.2) is 18.2 Å². The number of aryl methyl sites for hydroxylation is 1. The second kappa shape index (κ2) is 5.46. The summed E-state index contributed by atoms with van der Waals surface area (Å²) in [4.78, 5) is 27.2. The number of nitrogens with zero attached hydrogens (tertiary/aromatic N) is 1. The van der Waals surface area contributed by atoms with Gasteiger partial charge in [-0.3, -0.25) is 4.79 Å². The number of benzene rings is 1. The second-order valence-corrected chi connectivity index (χ2v) is 5.76. The highest BCUT2D eigenvalue weighted by Gasteiger charge is 2.21. The van der Waals surface area contributed by atoms with Crippen LogP contribution in [0.5, 0.6) is 10.9 Å². The molecular formula is C14H10ClNO4S. The largest absolute Gasteiger partial charge is 0.465 e. The summed E-state index contributed by atoms with van der Waals surface area (Å²) >= 11 is 6.89. The Hall–Kier alpha value is -1.92. The van der Waals surface area contributed by atoms with Gasteiger partial charge in [0.1, 0.15) is 5.75 Å². The van der Waals surface area contributed by atoms with Crippen LogP contribution in [0, 0.1) is 0 Å². The monoisotopic (exact) mass is 323 g/mol. The zero-order chi connectivity index (χ0) is 15.0. The number of thiazole rings is 1. The molecule has 1 aliphatic carbocycles. The molecule has 1 heterocycles. The maximum absolute atomic E-state index is 11.6. The number of fused-ring (bicyclic) bond motifs is 1. The molecule has 0 fully saturated rings. The molecule has 1 aliphatic rings. The molecule has 0 saturated carbocycles. The number of carbonyl (C=O) groups excluding carboxylic acids is 2. The van der Waals surface area contributed by atoms with Crippen LogP contribution in [0.3, 0.4) is 0 Å². The number of hydrogen-bond acceptors (Lipinski definition) is 6. The zero-order valence-electron chi connectivity index (χ0n) is 11.0. The molecule has 0 saturated heterocycles. The van der Waals surface area contributed by atoms with Gasteiger partial charge in [0.25, 0.3) is 5.19 Å². The molecule has 21 heavy (non-hydrogen) atoms. The van der Waals surface area contributed by atoms with E-state index in [-0.39, 0.29) is 21.0 Å². The van der Waals surface area contributed by atoms with Gasteiger partial charge in [0, 0.05) is 12.0 Å². The molecule has 0 atom stereocenters. The van der Waals surface area contributed by atoms with Gasteiger partial charge in [-0.25, -0.2) is 4.79 Å². The summed E-state index contributed by atoms with van der Waals surface area (Å²) in [6.45, 7) is 0. The number of esters is 1. The van der Waals surface area contributed by atoms with E-state index >= 15 is 0 Å². The number of methoxy groups -OCH3 is 1. The van der Waals surface area contributed by atoms with E-state index in [0.29, 0.717) is 12.2 Å². The summed E-state index contributed by atoms with van der Waals surface area (Å²) in [7, 11) is 1.27. The number of Topliss-reactive ketones (excluding diaryl/α,β-unsaturated/α-hetero) is 1. The SMILES string of the molecule is COC(=O)c1sc(Oc2ccc3c(c2)CCC3=O)nc1Cl. The van der Waals surface area contributed by atoms with E-state index in [1.807, 2.05) is 6.07 Å². The fourth-order valence-electron chi connectivity index (χ4n) is 2.14. The summed E-state index contributed by atoms with van der Waals surface area (Å²) in [5.74, 6) is 0.166. The first-order valence-corrected chi connectivity index (χ1v) is 7.36. The summed E-state index contributed by atoms with van der Waals surface area (Å²) in [5, 5.41) is 0.308. The van der Waals surface area contributed by atoms with Crippen LogP contribution in [-0.4, -0.2) is 23.8 Å². The maximum atomic E-state index is 11.6. The van der Waals surface area contributed by atoms with E-state index in [2.05, 4.69) is 9.72 Å². The topological polar surface area (TPSA) is 65.5 Å². The standard InChI is InChI=1S/C14H10ClNO4S/c1-19-13(18)11-12(15)16-14(21-11)20-8-3-4-9-7(6-8)2-5-10(9)17/h3-4,6H,2,5H2,1H3. The molecule has 1 aromatic carbocycles. The van der Waals surface area contributed by atoms with E-state index in [0.717, 1.165) is 28.9 Å². The maximum Gasteiger partial charge on any atom is 0.351 e. The highest BCUT2D eigenvalue weighted by atomic mass is 35.5. The Balaban J connectivity index is 1.84. The van der Waals surface area contributed by atoms with E-state index in [4.69, 9.17) is 16.3 Å². The fraction of sp³-hybridized carbons (Fsp3) is 0.214. The van der Waals surface area contributed by atoms with Crippen LogP contribution in [0.1, 0.15) is 32.0 Å². The van der Waals surface area contributed by atoms with Crippen LogP contribution in [-0.2, 0) is 11.2 Å². The Morgan fingerprint density at radius 1 is 1.38 bits per heavy atom. The highest BCUT2D eigenvalue weighted by molar-refractivity contribution is 7.15. The number of rotatable bonds is 3. The van der Waals surface area contributed by atoms with Crippen molar-refractivity contribution >= 4 is 34.7 Å². The molecule has 0 N–H and O–H groups in total. The molecule has 0 radical (unpaired) electrons. The third-order valence-corrected chi connectivity index (χ3v) is 4.44. The Bertz CT molecular complexity index is 741. The normalized spacial score (nSPS) is 13.1. The van der Waals surface area contributed by atoms with Crippen molar-refractivity contribution in [2.24, 2.45) is 0 Å². The van der Waals surface area contributed by atoms with Crippen molar-refractivity contribution in [1.82, 2.24) is 4.98 Å². The van der Waals surface area contributed by atoms with Crippen LogP contribution in [0.2, 0.25) is 5.15 Å². The second-order valence-electron chi connectivity index (χ2n) is 4.44. The van der Waals surface area contributed by atoms with Crippen molar-refractivity contribution in [3.05, 3.63) is 39.4 Å². The molecule has 0 bridgehead atoms. The first-order valence-electron chi connectivity index (χ1n) is 6.17. The Morgan fingerprint density at radius 3 is 2.95 bits per heavy atom. The fourth-order valence-corrected chi connectivity index (χ4v) is 3.21. The third kappa shape index (κ3) is 2.64. The smallest absolute Gasteiger partial charge is 0.351 e. The molecule has 0 aliphatic heterocycles. The van der Waals surface area contributed by atoms with Crippen molar-refractivity contribution < 1.29 is 19.1 Å². The molecule has 5 nitrogen and oxygen atoms in total. The molecule has 0 amide bonds. The quantitative estimate of drug-likeness (QED) is 0.809. The molecular weight excluding hydrogens is 314 g/mol. The number of hydrogen-bond donors (Lipinski definition) is 0. The van der Waals surface area contributed by atoms with E-state index in [1.54, 1.807) is 12.1 Å². The molecule has 3 rings (SSSR count). The minimum absolute atomic E-state index is 0.0539. The van der Waals surface area contributed by atoms with Crippen molar-refractivity contribution in [2.45, 2.75) is 12.8 Å². The van der Waals surface area contributed by atoms with Crippen LogP contribution >= 0.6 is 22.9 Å². The first-order chi connectivity index (χ1) is 10.1. The lowest BCUT2D eigenvalue weighted by Crippen LogP contribution is -1.98. The number of carbonyl (C=O) groups is 2. The van der Waals surface area contributed by atoms with Crippen LogP contribution in [0.25, 0.3) is 0 Å². The minimum atomic E-state index is -0.549. The van der Waals surface area contributed by atoms with E-state index in [1.165, 1.54) is 7.11 Å². The average Bonchev–Trinajstić information content (AvgIpc) is 3.02. The van der Waals surface area contributed by atoms with Crippen LogP contribution < -0.4 is 4.74 Å². The molecule has 2 aromatic rings. The van der Waals surface area contributed by atoms with Crippen molar-refractivity contribution in [2.75, 3.05) is 7.11 Å². The van der Waals surface area contributed by atoms with E-state index in [9.17, 15) is 9.59 Å². The lowest BCUT2D eigenvalue weighted by atomic mass is 10.1. The molecule has 7 heteroatoms. The summed E-state index contributed by atoms with van der Waals surface area (Å²) < 4.78 is 10.2. The number of aromatic nitrogens is 1. The number of ether oxygens (including phenoxy) is 2. The van der Waals surface area contributed by atoms with Gasteiger partial charge in [0.15, 0.2) is 15.8 Å². The van der Waals surface area contributed by atoms with Gasteiger partial charge in [-0.15, -0.1) is 0 Å². The van der Waals surface area contributed by atoms with Crippen molar-refractivity contribution in [3.8, 4) is 10.9 Å². The minimum Gasteiger partial charge on any atom is -0.465 e. The van der Waals surface area contributed by atoms with Gasteiger partial charge >= 0.3 is 5.97 Å². The molecule has 0 unspecified atom stereocenters. The average molecular weight is 324 g/mol. The lowest BCUT2D eigenvalue weighted by Gasteiger charge is -2.03. The van der Waals surface area contributed by atoms with E-state index < -0.39 is 5.97 Å². The Morgan fingerprint density at radius 2 is 2.19 bits per heavy atom. The van der Waals surface area contributed by atoms with Gasteiger partial charge in [0.2, 0.25) is 0 Å². The molecule has 0 spiro atoms. The predicted molar refractivity (Wildman–Crippen MR) is 77.6 cm³/mol. The first kappa shape index (κ1) is 14.0. The van der Waals surface area contributed by atoms with Gasteiger partial charge in [-0.2, -0.15) is 4.98 Å². The molecule has 1 aromatic heterocycles. The highest BCUT2D eigenvalue weighted by Crippen LogP contribution is 2.34. The Kier molecular flexibility index (Phi) is 3.65. The van der Waals surface area contributed by atoms with Gasteiger partial charge < -0.3 is 9.47 Å². The third-order valence-electron chi connectivity index (χ3n) is 3.14. The van der Waals surface area contributed by atoms with Gasteiger partial charge in [-0.1, -0.05) is 22.9 Å². The molecule has 108 valence electrons. The van der Waals surface area contributed by atoms with Gasteiger partial charge in [0.05, 0.1) is 7.11 Å². The van der Waals surface area contributed by atoms with Crippen molar-refractivity contribution in [1.29, 1.82) is 0 Å². The predicted octanol–water partition coefficient (Wildman–Crippen LogP) is 3.50. The Labute approximate surface area is 129 Å². The van der Waals surface area contributed by atoms with Crippen molar-refractivity contribution in [3.63, 3.8) is 0 Å².